The summed E-state index contributed by atoms with van der Waals surface area (Å²) in [6, 6.07) is 3.27. The summed E-state index contributed by atoms with van der Waals surface area (Å²) >= 11 is 0. The molecule has 0 aromatic heterocycles. The van der Waals surface area contributed by atoms with Gasteiger partial charge in [-0.25, -0.2) is 13.6 Å². The van der Waals surface area contributed by atoms with Crippen molar-refractivity contribution in [3.8, 4) is 0 Å². The maximum atomic E-state index is 13.5. The number of benzene rings is 1. The summed E-state index contributed by atoms with van der Waals surface area (Å²) in [5.41, 5.74) is 0.283. The van der Waals surface area contributed by atoms with Crippen molar-refractivity contribution in [3.05, 3.63) is 41.5 Å². The van der Waals surface area contributed by atoms with Crippen LogP contribution >= 0.6 is 0 Å². The Kier molecular flexibility index (Phi) is 5.55. The Balaban J connectivity index is 2.39. The van der Waals surface area contributed by atoms with Gasteiger partial charge in [-0.15, -0.1) is 0 Å². The quantitative estimate of drug-likeness (QED) is 0.779. The average molecular weight is 322 g/mol. The van der Waals surface area contributed by atoms with Crippen molar-refractivity contribution >= 4 is 11.5 Å². The fourth-order valence-electron chi connectivity index (χ4n) is 3.64. The molecular formula is C19H24F2O2. The second-order valence-corrected chi connectivity index (χ2v) is 7.00. The van der Waals surface area contributed by atoms with E-state index in [0.717, 1.165) is 31.4 Å². The van der Waals surface area contributed by atoms with Crippen LogP contribution in [0.2, 0.25) is 0 Å². The standard InChI is InChI=1S/C19H24F2O2/c1-11(2)15-6-4-12(3)8-14(15)9-16(19(22)23)13-5-7-17(20)18(21)10-13/h5,7,9-12,14-15H,4,6,8H2,1-3H3,(H,22,23)/t12-,14+,15+/m1/s1. The predicted octanol–water partition coefficient (Wildman–Crippen LogP) is 5.14. The van der Waals surface area contributed by atoms with Gasteiger partial charge in [0.1, 0.15) is 0 Å². The number of hydrogen-bond donors (Lipinski definition) is 1. The van der Waals surface area contributed by atoms with Gasteiger partial charge >= 0.3 is 5.97 Å². The lowest BCUT2D eigenvalue weighted by Gasteiger charge is -2.36. The molecule has 0 radical (unpaired) electrons. The first-order valence-corrected chi connectivity index (χ1v) is 8.20. The van der Waals surface area contributed by atoms with E-state index in [4.69, 9.17) is 0 Å². The van der Waals surface area contributed by atoms with Gasteiger partial charge in [-0.2, -0.15) is 0 Å². The van der Waals surface area contributed by atoms with Gasteiger partial charge in [0, 0.05) is 0 Å². The maximum absolute atomic E-state index is 13.5. The lowest BCUT2D eigenvalue weighted by molar-refractivity contribution is -0.130. The molecule has 1 fully saturated rings. The van der Waals surface area contributed by atoms with Crippen molar-refractivity contribution < 1.29 is 18.7 Å². The highest BCUT2D eigenvalue weighted by Crippen LogP contribution is 2.40. The van der Waals surface area contributed by atoms with Crippen LogP contribution in [0.1, 0.15) is 45.6 Å². The third-order valence-electron chi connectivity index (χ3n) is 4.92. The second-order valence-electron chi connectivity index (χ2n) is 7.00. The molecular weight excluding hydrogens is 298 g/mol. The molecule has 0 bridgehead atoms. The Labute approximate surface area is 136 Å². The zero-order chi connectivity index (χ0) is 17.1. The fourth-order valence-corrected chi connectivity index (χ4v) is 3.64. The van der Waals surface area contributed by atoms with Crippen molar-refractivity contribution in [1.29, 1.82) is 0 Å². The summed E-state index contributed by atoms with van der Waals surface area (Å²) in [5.74, 6) is -1.51. The first-order valence-electron chi connectivity index (χ1n) is 8.20. The molecule has 23 heavy (non-hydrogen) atoms. The minimum absolute atomic E-state index is 0.0636. The van der Waals surface area contributed by atoms with Crippen LogP contribution < -0.4 is 0 Å². The third kappa shape index (κ3) is 4.18. The molecule has 1 aromatic carbocycles. The molecule has 0 aliphatic heterocycles. The molecule has 4 heteroatoms. The molecule has 1 saturated carbocycles. The van der Waals surface area contributed by atoms with E-state index in [0.29, 0.717) is 17.8 Å². The lowest BCUT2D eigenvalue weighted by Crippen LogP contribution is -2.27. The topological polar surface area (TPSA) is 37.3 Å². The number of carbonyl (C=O) groups is 1. The maximum Gasteiger partial charge on any atom is 0.335 e. The lowest BCUT2D eigenvalue weighted by atomic mass is 9.69. The number of allylic oxidation sites excluding steroid dienone is 1. The van der Waals surface area contributed by atoms with E-state index in [9.17, 15) is 18.7 Å². The highest BCUT2D eigenvalue weighted by Gasteiger charge is 2.30. The van der Waals surface area contributed by atoms with Crippen LogP contribution in [0, 0.1) is 35.3 Å². The van der Waals surface area contributed by atoms with Crippen LogP contribution in [0.5, 0.6) is 0 Å². The van der Waals surface area contributed by atoms with Gasteiger partial charge in [0.15, 0.2) is 11.6 Å². The highest BCUT2D eigenvalue weighted by atomic mass is 19.2. The summed E-state index contributed by atoms with van der Waals surface area (Å²) in [4.78, 5) is 11.6. The van der Waals surface area contributed by atoms with Crippen molar-refractivity contribution in [3.63, 3.8) is 0 Å². The van der Waals surface area contributed by atoms with Crippen LogP contribution in [0.4, 0.5) is 8.78 Å². The second kappa shape index (κ2) is 7.24. The van der Waals surface area contributed by atoms with Crippen LogP contribution in [0.15, 0.2) is 24.3 Å². The van der Waals surface area contributed by atoms with E-state index in [1.165, 1.54) is 6.07 Å². The van der Waals surface area contributed by atoms with E-state index < -0.39 is 17.6 Å². The number of hydrogen-bond acceptors (Lipinski definition) is 1. The van der Waals surface area contributed by atoms with Crippen molar-refractivity contribution in [2.75, 3.05) is 0 Å². The highest BCUT2D eigenvalue weighted by molar-refractivity contribution is 6.15. The number of halogens is 2. The van der Waals surface area contributed by atoms with Gasteiger partial charge in [-0.3, -0.25) is 0 Å². The first-order chi connectivity index (χ1) is 10.8. The zero-order valence-electron chi connectivity index (χ0n) is 13.9. The van der Waals surface area contributed by atoms with E-state index >= 15 is 0 Å². The molecule has 0 spiro atoms. The van der Waals surface area contributed by atoms with Gasteiger partial charge in [-0.05, 0) is 54.2 Å². The van der Waals surface area contributed by atoms with E-state index in [-0.39, 0.29) is 17.1 Å². The van der Waals surface area contributed by atoms with E-state index in [1.54, 1.807) is 6.08 Å². The Morgan fingerprint density at radius 1 is 1.26 bits per heavy atom. The van der Waals surface area contributed by atoms with Crippen LogP contribution in [0.25, 0.3) is 5.57 Å². The van der Waals surface area contributed by atoms with Gasteiger partial charge in [0.25, 0.3) is 0 Å². The van der Waals surface area contributed by atoms with Gasteiger partial charge in [0.2, 0.25) is 0 Å². The zero-order valence-corrected chi connectivity index (χ0v) is 13.9. The monoisotopic (exact) mass is 322 g/mol. The Morgan fingerprint density at radius 2 is 1.96 bits per heavy atom. The molecule has 0 saturated heterocycles. The molecule has 1 aromatic rings. The molecule has 126 valence electrons. The summed E-state index contributed by atoms with van der Waals surface area (Å²) in [6.07, 6.45) is 4.92. The summed E-state index contributed by atoms with van der Waals surface area (Å²) in [6.45, 7) is 6.48. The van der Waals surface area contributed by atoms with Crippen LogP contribution in [-0.4, -0.2) is 11.1 Å². The molecule has 0 amide bonds. The summed E-state index contributed by atoms with van der Waals surface area (Å²) in [5, 5.41) is 9.52. The van der Waals surface area contributed by atoms with Gasteiger partial charge in [-0.1, -0.05) is 39.3 Å². The summed E-state index contributed by atoms with van der Waals surface area (Å²) in [7, 11) is 0. The molecule has 1 aliphatic rings. The average Bonchev–Trinajstić information content (AvgIpc) is 2.47. The largest absolute Gasteiger partial charge is 0.478 e. The Bertz CT molecular complexity index is 607. The van der Waals surface area contributed by atoms with Gasteiger partial charge in [0.05, 0.1) is 5.57 Å². The molecule has 1 aliphatic carbocycles. The van der Waals surface area contributed by atoms with Gasteiger partial charge < -0.3 is 5.11 Å². The third-order valence-corrected chi connectivity index (χ3v) is 4.92. The number of aliphatic carboxylic acids is 1. The van der Waals surface area contributed by atoms with E-state index in [1.807, 2.05) is 0 Å². The molecule has 3 atom stereocenters. The van der Waals surface area contributed by atoms with Crippen LogP contribution in [-0.2, 0) is 4.79 Å². The molecule has 0 unspecified atom stereocenters. The minimum Gasteiger partial charge on any atom is -0.478 e. The first kappa shape index (κ1) is 17.6. The minimum atomic E-state index is -1.10. The molecule has 2 rings (SSSR count). The molecule has 0 heterocycles. The Morgan fingerprint density at radius 3 is 2.52 bits per heavy atom. The summed E-state index contributed by atoms with van der Waals surface area (Å²) < 4.78 is 26.6. The smallest absolute Gasteiger partial charge is 0.335 e. The predicted molar refractivity (Wildman–Crippen MR) is 86.8 cm³/mol. The Hall–Kier alpha value is -1.71. The molecule has 1 N–H and O–H groups in total. The van der Waals surface area contributed by atoms with Crippen molar-refractivity contribution in [2.45, 2.75) is 40.0 Å². The number of carboxylic acids is 1. The number of carboxylic acid groups (broad SMARTS) is 1. The number of rotatable bonds is 4. The fraction of sp³-hybridized carbons (Fsp3) is 0.526. The molecule has 2 nitrogen and oxygen atoms in total. The van der Waals surface area contributed by atoms with E-state index in [2.05, 4.69) is 20.8 Å². The van der Waals surface area contributed by atoms with Crippen LogP contribution in [0.3, 0.4) is 0 Å². The van der Waals surface area contributed by atoms with Crippen molar-refractivity contribution in [1.82, 2.24) is 0 Å². The SMILES string of the molecule is CC(C)[C@@H]1CC[C@@H](C)C[C@H]1C=C(C(=O)O)c1ccc(F)c(F)c1. The normalized spacial score (nSPS) is 25.7. The van der Waals surface area contributed by atoms with Crippen molar-refractivity contribution in [2.24, 2.45) is 23.7 Å².